The van der Waals surface area contributed by atoms with Crippen LogP contribution in [0.4, 0.5) is 16.2 Å². The first-order chi connectivity index (χ1) is 17.7. The molecule has 9 heteroatoms. The number of hydrogen-bond donors (Lipinski definition) is 2. The fourth-order valence-electron chi connectivity index (χ4n) is 3.87. The van der Waals surface area contributed by atoms with Crippen molar-refractivity contribution in [3.05, 3.63) is 54.5 Å². The van der Waals surface area contributed by atoms with Crippen LogP contribution in [0.3, 0.4) is 0 Å². The van der Waals surface area contributed by atoms with Crippen molar-refractivity contribution in [2.45, 2.75) is 39.2 Å². The van der Waals surface area contributed by atoms with Crippen molar-refractivity contribution >= 4 is 40.3 Å². The van der Waals surface area contributed by atoms with Crippen LogP contribution in [0.2, 0.25) is 0 Å². The number of amides is 1. The van der Waals surface area contributed by atoms with Crippen molar-refractivity contribution in [1.82, 2.24) is 9.97 Å². The second-order valence-electron chi connectivity index (χ2n) is 10.0. The molecular weight excluding hydrogens is 470 g/mol. The van der Waals surface area contributed by atoms with Crippen molar-refractivity contribution in [3.8, 4) is 11.5 Å². The van der Waals surface area contributed by atoms with Crippen LogP contribution in [-0.4, -0.2) is 48.6 Å². The van der Waals surface area contributed by atoms with Gasteiger partial charge in [0, 0.05) is 42.3 Å². The Kier molecular flexibility index (Phi) is 7.73. The first kappa shape index (κ1) is 26.1. The fraction of sp³-hybridized carbons (Fsp3) is 0.357. The Morgan fingerprint density at radius 2 is 1.78 bits per heavy atom. The number of fused-ring (bicyclic) bond motifs is 1. The quantitative estimate of drug-likeness (QED) is 0.407. The van der Waals surface area contributed by atoms with Crippen LogP contribution in [0.1, 0.15) is 39.3 Å². The van der Waals surface area contributed by atoms with Crippen LogP contribution in [-0.2, 0) is 4.74 Å². The van der Waals surface area contributed by atoms with Crippen molar-refractivity contribution in [2.75, 3.05) is 25.7 Å². The van der Waals surface area contributed by atoms with Gasteiger partial charge in [-0.3, -0.25) is 4.98 Å². The number of quaternary nitrogens is 1. The summed E-state index contributed by atoms with van der Waals surface area (Å²) in [7, 11) is 3.29. The maximum absolute atomic E-state index is 12.1. The molecule has 0 saturated heterocycles. The summed E-state index contributed by atoms with van der Waals surface area (Å²) in [6.07, 6.45) is 6.22. The van der Waals surface area contributed by atoms with E-state index in [-0.39, 0.29) is 0 Å². The highest BCUT2D eigenvalue weighted by Crippen LogP contribution is 2.38. The molecule has 2 aromatic carbocycles. The summed E-state index contributed by atoms with van der Waals surface area (Å²) in [6.45, 7) is 6.28. The third kappa shape index (κ3) is 6.83. The van der Waals surface area contributed by atoms with E-state index in [1.54, 1.807) is 41.2 Å². The van der Waals surface area contributed by atoms with Gasteiger partial charge in [-0.05, 0) is 57.7 Å². The molecule has 1 aliphatic carbocycles. The number of benzene rings is 2. The number of aromatic nitrogens is 2. The molecule has 9 nitrogen and oxygen atoms in total. The van der Waals surface area contributed by atoms with E-state index in [2.05, 4.69) is 9.88 Å². The number of carbonyl (C=O) groups is 1. The molecule has 0 spiro atoms. The summed E-state index contributed by atoms with van der Waals surface area (Å²) >= 11 is 0. The zero-order chi connectivity index (χ0) is 26.6. The molecule has 1 fully saturated rings. The van der Waals surface area contributed by atoms with E-state index in [1.165, 1.54) is 24.4 Å². The Morgan fingerprint density at radius 1 is 1.08 bits per heavy atom. The number of allylic oxidation sites excluding steroid dienone is 1. The van der Waals surface area contributed by atoms with Crippen LogP contribution in [0.25, 0.3) is 16.6 Å². The van der Waals surface area contributed by atoms with E-state index < -0.39 is 11.7 Å². The van der Waals surface area contributed by atoms with Gasteiger partial charge in [-0.1, -0.05) is 0 Å². The second-order valence-corrected chi connectivity index (χ2v) is 10.0. The van der Waals surface area contributed by atoms with Gasteiger partial charge < -0.3 is 24.5 Å². The number of hydrogen-bond acceptors (Lipinski definition) is 8. The van der Waals surface area contributed by atoms with E-state index >= 15 is 0 Å². The molecule has 1 aromatic heterocycles. The average Bonchev–Trinajstić information content (AvgIpc) is 3.70. The predicted molar refractivity (Wildman–Crippen MR) is 144 cm³/mol. The molecule has 0 radical (unpaired) electrons. The highest BCUT2D eigenvalue weighted by Gasteiger charge is 2.26. The molecule has 1 saturated carbocycles. The van der Waals surface area contributed by atoms with Gasteiger partial charge in [0.25, 0.3) is 0 Å². The minimum Gasteiger partial charge on any atom is -0.497 e. The van der Waals surface area contributed by atoms with E-state index in [0.717, 1.165) is 41.1 Å². The molecule has 1 heterocycles. The van der Waals surface area contributed by atoms with Gasteiger partial charge in [-0.15, -0.1) is 0 Å². The molecule has 37 heavy (non-hydrogen) atoms. The van der Waals surface area contributed by atoms with Gasteiger partial charge in [0.2, 0.25) is 0 Å². The SMILES string of the molecule is COc1cc(OC)cc(N(CC2CC2)c2ccc3ncc(C(C=N)=C[NH2+]C(=O)OC(C)(C)C)nc3c2)c1. The first-order valence-electron chi connectivity index (χ1n) is 12.3. The Hall–Kier alpha value is -3.98. The maximum atomic E-state index is 12.1. The summed E-state index contributed by atoms with van der Waals surface area (Å²) < 4.78 is 16.3. The number of anilines is 2. The zero-order valence-electron chi connectivity index (χ0n) is 21.9. The Balaban J connectivity index is 1.68. The summed E-state index contributed by atoms with van der Waals surface area (Å²) in [4.78, 5) is 23.7. The van der Waals surface area contributed by atoms with Gasteiger partial charge in [0.05, 0.1) is 42.7 Å². The largest absolute Gasteiger partial charge is 0.517 e. The number of carbonyl (C=O) groups excluding carboxylic acids is 1. The Morgan fingerprint density at radius 3 is 2.38 bits per heavy atom. The minimum absolute atomic E-state index is 0.457. The van der Waals surface area contributed by atoms with E-state index in [9.17, 15) is 4.79 Å². The molecule has 0 aliphatic heterocycles. The number of nitrogens with two attached hydrogens (primary N) is 1. The second kappa shape index (κ2) is 11.0. The highest BCUT2D eigenvalue weighted by atomic mass is 16.6. The topological polar surface area (TPSA) is 114 Å². The first-order valence-corrected chi connectivity index (χ1v) is 12.3. The van der Waals surface area contributed by atoms with Crippen molar-refractivity contribution in [3.63, 3.8) is 0 Å². The number of primary amides is 1. The van der Waals surface area contributed by atoms with Crippen LogP contribution in [0.15, 0.2) is 48.8 Å². The smallest absolute Gasteiger partial charge is 0.497 e. The number of rotatable bonds is 9. The van der Waals surface area contributed by atoms with E-state index in [1.807, 2.05) is 36.4 Å². The van der Waals surface area contributed by atoms with Gasteiger partial charge in [-0.25, -0.2) is 10.3 Å². The van der Waals surface area contributed by atoms with E-state index in [4.69, 9.17) is 24.6 Å². The molecular formula is C28H34N5O4+. The monoisotopic (exact) mass is 504 g/mol. The molecule has 0 atom stereocenters. The van der Waals surface area contributed by atoms with Gasteiger partial charge >= 0.3 is 6.09 Å². The zero-order valence-corrected chi connectivity index (χ0v) is 21.9. The van der Waals surface area contributed by atoms with Gasteiger partial charge in [0.1, 0.15) is 23.3 Å². The lowest BCUT2D eigenvalue weighted by atomic mass is 10.1. The lowest BCUT2D eigenvalue weighted by Gasteiger charge is -2.26. The van der Waals surface area contributed by atoms with Crippen LogP contribution < -0.4 is 19.7 Å². The van der Waals surface area contributed by atoms with Crippen LogP contribution >= 0.6 is 0 Å². The molecule has 3 aromatic rings. The molecule has 1 amide bonds. The van der Waals surface area contributed by atoms with Crippen LogP contribution in [0.5, 0.6) is 11.5 Å². The third-order valence-electron chi connectivity index (χ3n) is 5.88. The molecule has 194 valence electrons. The van der Waals surface area contributed by atoms with Gasteiger partial charge in [0.15, 0.2) is 0 Å². The number of nitrogens with one attached hydrogen (secondary N) is 1. The fourth-order valence-corrected chi connectivity index (χ4v) is 3.87. The number of ether oxygens (including phenoxy) is 3. The summed E-state index contributed by atoms with van der Waals surface area (Å²) in [5, 5.41) is 9.15. The molecule has 0 unspecified atom stereocenters. The average molecular weight is 505 g/mol. The molecule has 3 N–H and O–H groups in total. The molecule has 0 bridgehead atoms. The van der Waals surface area contributed by atoms with Crippen molar-refractivity contribution in [1.29, 1.82) is 5.41 Å². The summed E-state index contributed by atoms with van der Waals surface area (Å²) in [5.41, 5.74) is 3.73. The number of nitrogens with zero attached hydrogens (tertiary/aromatic N) is 3. The Labute approximate surface area is 217 Å². The lowest BCUT2D eigenvalue weighted by molar-refractivity contribution is -0.501. The van der Waals surface area contributed by atoms with Gasteiger partial charge in [-0.2, -0.15) is 4.79 Å². The van der Waals surface area contributed by atoms with Crippen molar-refractivity contribution in [2.24, 2.45) is 5.92 Å². The van der Waals surface area contributed by atoms with E-state index in [0.29, 0.717) is 22.7 Å². The normalized spacial score (nSPS) is 13.8. The third-order valence-corrected chi connectivity index (χ3v) is 5.88. The van der Waals surface area contributed by atoms with Crippen LogP contribution in [0, 0.1) is 11.3 Å². The summed E-state index contributed by atoms with van der Waals surface area (Å²) in [5.74, 6) is 2.07. The minimum atomic E-state index is -0.593. The Bertz CT molecular complexity index is 1310. The summed E-state index contributed by atoms with van der Waals surface area (Å²) in [6, 6.07) is 11.8. The molecule has 4 rings (SSSR count). The number of methoxy groups -OCH3 is 2. The maximum Gasteiger partial charge on any atom is 0.517 e. The molecule has 1 aliphatic rings. The lowest BCUT2D eigenvalue weighted by Crippen LogP contribution is -2.83. The standard InChI is InChI=1S/C28H33N5O4/c1-28(2,3)37-27(34)31-15-19(14-29)26-16-30-24-9-8-20(12-25(24)32-26)33(17-18-6-7-18)21-10-22(35-4)13-23(11-21)36-5/h8-16,18,29H,6-7,17H2,1-5H3,(H,31,34)/p+1. The van der Waals surface area contributed by atoms with Crippen molar-refractivity contribution < 1.29 is 24.3 Å². The highest BCUT2D eigenvalue weighted by molar-refractivity contribution is 6.07. The predicted octanol–water partition coefficient (Wildman–Crippen LogP) is 4.68.